The molecule has 4 heteroatoms. The number of hydrogen-bond donors (Lipinski definition) is 1. The maximum absolute atomic E-state index is 12.4. The van der Waals surface area contributed by atoms with Crippen LogP contribution in [-0.4, -0.2) is 5.91 Å². The van der Waals surface area contributed by atoms with Gasteiger partial charge in [-0.25, -0.2) is 0 Å². The van der Waals surface area contributed by atoms with Crippen LogP contribution in [0, 0.1) is 6.92 Å². The standard InChI is InChI=1S/C16H15Br2NO/c1-3-11-6-4-5-10(2)15(11)19-16(20)13-8-7-12(17)9-14(13)18/h4-9H,3H2,1-2H3,(H,19,20). The highest BCUT2D eigenvalue weighted by Gasteiger charge is 2.13. The normalized spacial score (nSPS) is 10.4. The summed E-state index contributed by atoms with van der Waals surface area (Å²) < 4.78 is 1.71. The molecule has 0 radical (unpaired) electrons. The summed E-state index contributed by atoms with van der Waals surface area (Å²) in [6.45, 7) is 4.09. The monoisotopic (exact) mass is 395 g/mol. The van der Waals surface area contributed by atoms with Crippen LogP contribution in [0.15, 0.2) is 45.3 Å². The molecule has 0 aromatic heterocycles. The molecule has 2 aromatic carbocycles. The summed E-state index contributed by atoms with van der Waals surface area (Å²) in [5.74, 6) is -0.103. The van der Waals surface area contributed by atoms with Crippen LogP contribution in [0.25, 0.3) is 0 Å². The largest absolute Gasteiger partial charge is 0.321 e. The lowest BCUT2D eigenvalue weighted by Gasteiger charge is -2.13. The van der Waals surface area contributed by atoms with E-state index in [1.807, 2.05) is 37.3 Å². The van der Waals surface area contributed by atoms with Crippen molar-refractivity contribution in [3.05, 3.63) is 62.0 Å². The Balaban J connectivity index is 2.33. The fraction of sp³-hybridized carbons (Fsp3) is 0.188. The summed E-state index contributed by atoms with van der Waals surface area (Å²) in [5, 5.41) is 3.02. The maximum atomic E-state index is 12.4. The van der Waals surface area contributed by atoms with Gasteiger partial charge in [0.15, 0.2) is 0 Å². The molecule has 1 amide bonds. The molecule has 0 aliphatic carbocycles. The van der Waals surface area contributed by atoms with E-state index in [0.29, 0.717) is 5.56 Å². The highest BCUT2D eigenvalue weighted by molar-refractivity contribution is 9.11. The molecule has 0 spiro atoms. The number of amides is 1. The average molecular weight is 397 g/mol. The zero-order chi connectivity index (χ0) is 14.7. The zero-order valence-corrected chi connectivity index (χ0v) is 14.5. The van der Waals surface area contributed by atoms with Gasteiger partial charge in [0.25, 0.3) is 5.91 Å². The summed E-state index contributed by atoms with van der Waals surface area (Å²) in [4.78, 5) is 12.4. The van der Waals surface area contributed by atoms with Crippen LogP contribution < -0.4 is 5.32 Å². The van der Waals surface area contributed by atoms with E-state index >= 15 is 0 Å². The van der Waals surface area contributed by atoms with E-state index in [2.05, 4.69) is 44.1 Å². The molecule has 2 rings (SSSR count). The predicted molar refractivity (Wildman–Crippen MR) is 90.4 cm³/mol. The van der Waals surface area contributed by atoms with Crippen molar-refractivity contribution in [1.82, 2.24) is 0 Å². The Morgan fingerprint density at radius 1 is 1.20 bits per heavy atom. The molecule has 2 aromatic rings. The summed E-state index contributed by atoms with van der Waals surface area (Å²) in [6.07, 6.45) is 0.888. The second-order valence-corrected chi connectivity index (χ2v) is 6.31. The Morgan fingerprint density at radius 3 is 2.60 bits per heavy atom. The Bertz CT molecular complexity index is 653. The van der Waals surface area contributed by atoms with Crippen LogP contribution in [-0.2, 0) is 6.42 Å². The van der Waals surface area contributed by atoms with Crippen LogP contribution >= 0.6 is 31.9 Å². The van der Waals surface area contributed by atoms with E-state index in [0.717, 1.165) is 32.2 Å². The summed E-state index contributed by atoms with van der Waals surface area (Å²) >= 11 is 6.81. The van der Waals surface area contributed by atoms with Crippen LogP contribution in [0.3, 0.4) is 0 Å². The number of benzene rings is 2. The highest BCUT2D eigenvalue weighted by Crippen LogP contribution is 2.25. The average Bonchev–Trinajstić information content (AvgIpc) is 2.40. The molecule has 0 atom stereocenters. The lowest BCUT2D eigenvalue weighted by molar-refractivity contribution is 0.102. The van der Waals surface area contributed by atoms with Crippen molar-refractivity contribution in [2.45, 2.75) is 20.3 Å². The molecule has 0 saturated heterocycles. The van der Waals surface area contributed by atoms with Gasteiger partial charge in [0.1, 0.15) is 0 Å². The SMILES string of the molecule is CCc1cccc(C)c1NC(=O)c1ccc(Br)cc1Br. The third kappa shape index (κ3) is 3.30. The van der Waals surface area contributed by atoms with E-state index in [1.54, 1.807) is 6.07 Å². The van der Waals surface area contributed by atoms with Crippen LogP contribution in [0.5, 0.6) is 0 Å². The first-order chi connectivity index (χ1) is 9.52. The minimum Gasteiger partial charge on any atom is -0.321 e. The number of nitrogens with one attached hydrogen (secondary N) is 1. The lowest BCUT2D eigenvalue weighted by Crippen LogP contribution is -2.14. The van der Waals surface area contributed by atoms with E-state index in [-0.39, 0.29) is 5.91 Å². The highest BCUT2D eigenvalue weighted by atomic mass is 79.9. The van der Waals surface area contributed by atoms with Crippen LogP contribution in [0.4, 0.5) is 5.69 Å². The van der Waals surface area contributed by atoms with Gasteiger partial charge in [0.2, 0.25) is 0 Å². The molecule has 0 unspecified atom stereocenters. The Hall–Kier alpha value is -1.13. The van der Waals surface area contributed by atoms with Gasteiger partial charge in [-0.3, -0.25) is 4.79 Å². The minimum atomic E-state index is -0.103. The lowest BCUT2D eigenvalue weighted by atomic mass is 10.1. The molecule has 20 heavy (non-hydrogen) atoms. The van der Waals surface area contributed by atoms with E-state index in [4.69, 9.17) is 0 Å². The second kappa shape index (κ2) is 6.55. The zero-order valence-electron chi connectivity index (χ0n) is 11.3. The number of para-hydroxylation sites is 1. The molecular weight excluding hydrogens is 382 g/mol. The number of anilines is 1. The smallest absolute Gasteiger partial charge is 0.256 e. The number of aryl methyl sites for hydroxylation is 2. The van der Waals surface area contributed by atoms with Gasteiger partial charge in [0, 0.05) is 14.6 Å². The Labute approximate surface area is 135 Å². The molecule has 2 nitrogen and oxygen atoms in total. The Kier molecular flexibility index (Phi) is 5.00. The topological polar surface area (TPSA) is 29.1 Å². The molecule has 0 bridgehead atoms. The van der Waals surface area contributed by atoms with Crippen molar-refractivity contribution in [2.24, 2.45) is 0 Å². The van der Waals surface area contributed by atoms with Gasteiger partial charge in [-0.2, -0.15) is 0 Å². The summed E-state index contributed by atoms with van der Waals surface area (Å²) in [6, 6.07) is 11.6. The van der Waals surface area contributed by atoms with Gasteiger partial charge in [0.05, 0.1) is 5.56 Å². The van der Waals surface area contributed by atoms with E-state index < -0.39 is 0 Å². The first kappa shape index (κ1) is 15.3. The van der Waals surface area contributed by atoms with E-state index in [9.17, 15) is 4.79 Å². The van der Waals surface area contributed by atoms with Gasteiger partial charge in [-0.15, -0.1) is 0 Å². The summed E-state index contributed by atoms with van der Waals surface area (Å²) in [7, 11) is 0. The van der Waals surface area contributed by atoms with Crippen molar-refractivity contribution in [2.75, 3.05) is 5.32 Å². The number of rotatable bonds is 3. The van der Waals surface area contributed by atoms with Gasteiger partial charge in [-0.05, 0) is 58.6 Å². The molecule has 0 saturated carbocycles. The molecule has 104 valence electrons. The van der Waals surface area contributed by atoms with Gasteiger partial charge < -0.3 is 5.32 Å². The third-order valence-electron chi connectivity index (χ3n) is 3.15. The number of hydrogen-bond acceptors (Lipinski definition) is 1. The molecule has 0 fully saturated rings. The van der Waals surface area contributed by atoms with Crippen molar-refractivity contribution in [3.63, 3.8) is 0 Å². The van der Waals surface area contributed by atoms with Crippen LogP contribution in [0.2, 0.25) is 0 Å². The number of carbonyl (C=O) groups is 1. The minimum absolute atomic E-state index is 0.103. The fourth-order valence-corrected chi connectivity index (χ4v) is 3.28. The number of carbonyl (C=O) groups excluding carboxylic acids is 1. The van der Waals surface area contributed by atoms with Crippen molar-refractivity contribution >= 4 is 43.5 Å². The maximum Gasteiger partial charge on any atom is 0.256 e. The molecule has 0 aliphatic rings. The van der Waals surface area contributed by atoms with Gasteiger partial charge >= 0.3 is 0 Å². The first-order valence-corrected chi connectivity index (χ1v) is 7.96. The molecular formula is C16H15Br2NO. The fourth-order valence-electron chi connectivity index (χ4n) is 2.06. The molecule has 0 aliphatic heterocycles. The quantitative estimate of drug-likeness (QED) is 0.745. The summed E-state index contributed by atoms with van der Waals surface area (Å²) in [5.41, 5.74) is 3.76. The van der Waals surface area contributed by atoms with Crippen molar-refractivity contribution in [3.8, 4) is 0 Å². The molecule has 0 heterocycles. The van der Waals surface area contributed by atoms with E-state index in [1.165, 1.54) is 0 Å². The predicted octanol–water partition coefficient (Wildman–Crippen LogP) is 5.33. The van der Waals surface area contributed by atoms with Crippen molar-refractivity contribution < 1.29 is 4.79 Å². The van der Waals surface area contributed by atoms with Gasteiger partial charge in [-0.1, -0.05) is 41.1 Å². The Morgan fingerprint density at radius 2 is 1.95 bits per heavy atom. The number of halogens is 2. The first-order valence-electron chi connectivity index (χ1n) is 6.37. The molecule has 1 N–H and O–H groups in total. The second-order valence-electron chi connectivity index (χ2n) is 4.54. The van der Waals surface area contributed by atoms with Crippen LogP contribution in [0.1, 0.15) is 28.4 Å². The third-order valence-corrected chi connectivity index (χ3v) is 4.30. The van der Waals surface area contributed by atoms with Crippen molar-refractivity contribution in [1.29, 1.82) is 0 Å².